The average molecular weight is 339 g/mol. The summed E-state index contributed by atoms with van der Waals surface area (Å²) in [7, 11) is 1.23. The fourth-order valence-electron chi connectivity index (χ4n) is 2.36. The van der Waals surface area contributed by atoms with Gasteiger partial charge in [-0.1, -0.05) is 17.7 Å². The summed E-state index contributed by atoms with van der Waals surface area (Å²) >= 11 is 0. The number of aryl methyl sites for hydroxylation is 1. The van der Waals surface area contributed by atoms with Gasteiger partial charge in [-0.05, 0) is 60.9 Å². The standard InChI is InChI=1S/C20H18FNO3/c1-13-8-15(10-16(11-22)20(23)24-3)14(2)17(9-13)12-25-19-6-4-18(21)5-7-19/h4-10H,12H2,1-3H3/b16-10-. The lowest BCUT2D eigenvalue weighted by atomic mass is 9.98. The molecule has 0 heterocycles. The Morgan fingerprint density at radius 3 is 2.52 bits per heavy atom. The largest absolute Gasteiger partial charge is 0.489 e. The van der Waals surface area contributed by atoms with E-state index < -0.39 is 5.97 Å². The Hall–Kier alpha value is -3.13. The van der Waals surface area contributed by atoms with E-state index in [9.17, 15) is 9.18 Å². The van der Waals surface area contributed by atoms with Crippen molar-refractivity contribution in [3.05, 3.63) is 70.0 Å². The summed E-state index contributed by atoms with van der Waals surface area (Å²) < 4.78 is 23.2. The lowest BCUT2D eigenvalue weighted by Crippen LogP contribution is -2.04. The normalized spacial score (nSPS) is 10.9. The molecule has 2 aromatic carbocycles. The number of esters is 1. The fraction of sp³-hybridized carbons (Fsp3) is 0.200. The molecule has 0 amide bonds. The van der Waals surface area contributed by atoms with Gasteiger partial charge in [-0.25, -0.2) is 9.18 Å². The van der Waals surface area contributed by atoms with E-state index in [-0.39, 0.29) is 11.4 Å². The maximum atomic E-state index is 12.9. The molecule has 4 nitrogen and oxygen atoms in total. The van der Waals surface area contributed by atoms with Crippen LogP contribution in [0.1, 0.15) is 22.3 Å². The van der Waals surface area contributed by atoms with Crippen molar-refractivity contribution in [2.24, 2.45) is 0 Å². The van der Waals surface area contributed by atoms with Gasteiger partial charge < -0.3 is 9.47 Å². The minimum absolute atomic E-state index is 0.0680. The molecule has 0 unspecified atom stereocenters. The molecule has 0 saturated heterocycles. The predicted octanol–water partition coefficient (Wildman–Crippen LogP) is 4.10. The SMILES string of the molecule is COC(=O)/C(C#N)=C\c1cc(C)cc(COc2ccc(F)cc2)c1C. The van der Waals surface area contributed by atoms with Crippen LogP contribution in [0.25, 0.3) is 6.08 Å². The molecule has 0 N–H and O–H groups in total. The van der Waals surface area contributed by atoms with Crippen molar-refractivity contribution in [2.45, 2.75) is 20.5 Å². The molecule has 0 bridgehead atoms. The van der Waals surface area contributed by atoms with Crippen LogP contribution in [0.3, 0.4) is 0 Å². The van der Waals surface area contributed by atoms with Crippen LogP contribution in [0.4, 0.5) is 4.39 Å². The first-order valence-corrected chi connectivity index (χ1v) is 7.63. The number of rotatable bonds is 5. The highest BCUT2D eigenvalue weighted by Gasteiger charge is 2.11. The second kappa shape index (κ2) is 8.11. The Morgan fingerprint density at radius 2 is 1.92 bits per heavy atom. The monoisotopic (exact) mass is 339 g/mol. The summed E-state index contributed by atoms with van der Waals surface area (Å²) in [4.78, 5) is 11.6. The van der Waals surface area contributed by atoms with Gasteiger partial charge in [-0.2, -0.15) is 5.26 Å². The van der Waals surface area contributed by atoms with E-state index in [4.69, 9.17) is 10.00 Å². The van der Waals surface area contributed by atoms with Crippen molar-refractivity contribution in [1.29, 1.82) is 5.26 Å². The van der Waals surface area contributed by atoms with E-state index in [0.717, 1.165) is 22.3 Å². The molecule has 2 rings (SSSR count). The number of hydrogen-bond donors (Lipinski definition) is 0. The van der Waals surface area contributed by atoms with Gasteiger partial charge in [0.05, 0.1) is 7.11 Å². The van der Waals surface area contributed by atoms with Gasteiger partial charge in [-0.15, -0.1) is 0 Å². The number of nitrogens with zero attached hydrogens (tertiary/aromatic N) is 1. The molecule has 0 fully saturated rings. The Balaban J connectivity index is 2.30. The summed E-state index contributed by atoms with van der Waals surface area (Å²) in [5.41, 5.74) is 3.46. The van der Waals surface area contributed by atoms with Crippen molar-refractivity contribution in [1.82, 2.24) is 0 Å². The molecule has 0 aliphatic heterocycles. The zero-order chi connectivity index (χ0) is 18.4. The lowest BCUT2D eigenvalue weighted by Gasteiger charge is -2.13. The third-order valence-electron chi connectivity index (χ3n) is 3.73. The van der Waals surface area contributed by atoms with Gasteiger partial charge in [0.15, 0.2) is 0 Å². The number of ether oxygens (including phenoxy) is 2. The highest BCUT2D eigenvalue weighted by molar-refractivity contribution is 5.98. The predicted molar refractivity (Wildman–Crippen MR) is 92.3 cm³/mol. The number of hydrogen-bond acceptors (Lipinski definition) is 4. The molecule has 0 aliphatic rings. The van der Waals surface area contributed by atoms with Crippen molar-refractivity contribution in [2.75, 3.05) is 7.11 Å². The number of halogens is 1. The average Bonchev–Trinajstić information content (AvgIpc) is 2.61. The highest BCUT2D eigenvalue weighted by atomic mass is 19.1. The van der Waals surface area contributed by atoms with Crippen molar-refractivity contribution < 1.29 is 18.7 Å². The topological polar surface area (TPSA) is 59.3 Å². The van der Waals surface area contributed by atoms with Crippen molar-refractivity contribution in [3.63, 3.8) is 0 Å². The second-order valence-electron chi connectivity index (χ2n) is 5.54. The second-order valence-corrected chi connectivity index (χ2v) is 5.54. The van der Waals surface area contributed by atoms with E-state index in [1.165, 1.54) is 25.3 Å². The molecule has 25 heavy (non-hydrogen) atoms. The molecular weight excluding hydrogens is 321 g/mol. The number of methoxy groups -OCH3 is 1. The molecule has 0 saturated carbocycles. The third kappa shape index (κ3) is 4.67. The number of carbonyl (C=O) groups is 1. The Labute approximate surface area is 146 Å². The smallest absolute Gasteiger partial charge is 0.348 e. The molecule has 0 aromatic heterocycles. The molecule has 128 valence electrons. The minimum atomic E-state index is -0.674. The molecule has 2 aromatic rings. The van der Waals surface area contributed by atoms with Crippen molar-refractivity contribution >= 4 is 12.0 Å². The van der Waals surface area contributed by atoms with Gasteiger partial charge in [0, 0.05) is 0 Å². The first-order chi connectivity index (χ1) is 11.9. The molecule has 0 radical (unpaired) electrons. The molecule has 5 heteroatoms. The first-order valence-electron chi connectivity index (χ1n) is 7.63. The van der Waals surface area contributed by atoms with Crippen LogP contribution < -0.4 is 4.74 Å². The molecule has 0 spiro atoms. The molecular formula is C20H18FNO3. The maximum absolute atomic E-state index is 12.9. The quantitative estimate of drug-likeness (QED) is 0.467. The van der Waals surface area contributed by atoms with Gasteiger partial charge in [0.1, 0.15) is 29.8 Å². The van der Waals surface area contributed by atoms with E-state index in [1.54, 1.807) is 12.1 Å². The van der Waals surface area contributed by atoms with Crippen molar-refractivity contribution in [3.8, 4) is 11.8 Å². The summed E-state index contributed by atoms with van der Waals surface area (Å²) in [5.74, 6) is -0.433. The van der Waals surface area contributed by atoms with Gasteiger partial charge in [0.2, 0.25) is 0 Å². The third-order valence-corrected chi connectivity index (χ3v) is 3.73. The zero-order valence-corrected chi connectivity index (χ0v) is 14.3. The summed E-state index contributed by atoms with van der Waals surface area (Å²) in [6.45, 7) is 4.10. The summed E-state index contributed by atoms with van der Waals surface area (Å²) in [6, 6.07) is 11.5. The summed E-state index contributed by atoms with van der Waals surface area (Å²) in [5, 5.41) is 9.12. The van der Waals surface area contributed by atoms with Crippen LogP contribution in [-0.4, -0.2) is 13.1 Å². The highest BCUT2D eigenvalue weighted by Crippen LogP contribution is 2.22. The van der Waals surface area contributed by atoms with E-state index in [0.29, 0.717) is 12.4 Å². The minimum Gasteiger partial charge on any atom is -0.489 e. The maximum Gasteiger partial charge on any atom is 0.348 e. The van der Waals surface area contributed by atoms with Gasteiger partial charge >= 0.3 is 5.97 Å². The fourth-order valence-corrected chi connectivity index (χ4v) is 2.36. The number of benzene rings is 2. The molecule has 0 atom stereocenters. The van der Waals surface area contributed by atoms with Crippen LogP contribution in [-0.2, 0) is 16.1 Å². The number of nitriles is 1. The van der Waals surface area contributed by atoms with Crippen LogP contribution in [0, 0.1) is 31.0 Å². The Kier molecular flexibility index (Phi) is 5.91. The lowest BCUT2D eigenvalue weighted by molar-refractivity contribution is -0.135. The zero-order valence-electron chi connectivity index (χ0n) is 14.3. The van der Waals surface area contributed by atoms with Crippen LogP contribution in [0.15, 0.2) is 42.0 Å². The van der Waals surface area contributed by atoms with E-state index in [2.05, 4.69) is 4.74 Å². The van der Waals surface area contributed by atoms with Gasteiger partial charge in [0.25, 0.3) is 0 Å². The summed E-state index contributed by atoms with van der Waals surface area (Å²) in [6.07, 6.45) is 1.51. The van der Waals surface area contributed by atoms with Crippen LogP contribution in [0.2, 0.25) is 0 Å². The van der Waals surface area contributed by atoms with E-state index in [1.807, 2.05) is 32.0 Å². The number of carbonyl (C=O) groups excluding carboxylic acids is 1. The van der Waals surface area contributed by atoms with E-state index >= 15 is 0 Å². The van der Waals surface area contributed by atoms with Crippen LogP contribution in [0.5, 0.6) is 5.75 Å². The Bertz CT molecular complexity index is 848. The van der Waals surface area contributed by atoms with Gasteiger partial charge in [-0.3, -0.25) is 0 Å². The first kappa shape index (κ1) is 18.2. The van der Waals surface area contributed by atoms with Crippen LogP contribution >= 0.6 is 0 Å². The Morgan fingerprint density at radius 1 is 1.24 bits per heavy atom. The molecule has 0 aliphatic carbocycles.